The molecule has 0 radical (unpaired) electrons. The summed E-state index contributed by atoms with van der Waals surface area (Å²) in [7, 11) is 0. The van der Waals surface area contributed by atoms with Gasteiger partial charge < -0.3 is 15.0 Å². The molecule has 0 spiro atoms. The second-order valence-corrected chi connectivity index (χ2v) is 12.9. The first-order valence-electron chi connectivity index (χ1n) is 16.4. The molecule has 1 amide bonds. The monoisotopic (exact) mass is 725 g/mol. The number of halogens is 6. The maximum atomic E-state index is 16.6. The Morgan fingerprint density at radius 1 is 1.00 bits per heavy atom. The molecular formula is C39H37F6N3O4. The lowest BCUT2D eigenvalue weighted by Crippen LogP contribution is -2.41. The molecule has 0 unspecified atom stereocenters. The Hall–Kier alpha value is -5.38. The van der Waals surface area contributed by atoms with Gasteiger partial charge in [0.25, 0.3) is 5.56 Å². The van der Waals surface area contributed by atoms with E-state index in [9.17, 15) is 37.1 Å². The predicted molar refractivity (Wildman–Crippen MR) is 183 cm³/mol. The molecule has 52 heavy (non-hydrogen) atoms. The van der Waals surface area contributed by atoms with Gasteiger partial charge in [-0.1, -0.05) is 25.8 Å². The van der Waals surface area contributed by atoms with Crippen LogP contribution in [0.25, 0.3) is 11.1 Å². The minimum Gasteiger partial charge on any atom is -0.481 e. The zero-order valence-corrected chi connectivity index (χ0v) is 29.1. The van der Waals surface area contributed by atoms with Gasteiger partial charge in [-0.25, -0.2) is 13.2 Å². The Balaban J connectivity index is 1.87. The molecule has 0 aliphatic heterocycles. The number of aryl methyl sites for hydroxylation is 4. The highest BCUT2D eigenvalue weighted by Gasteiger charge is 2.36. The third kappa shape index (κ3) is 9.09. The Kier molecular flexibility index (Phi) is 12.4. The van der Waals surface area contributed by atoms with Crippen molar-refractivity contribution in [3.8, 4) is 23.0 Å². The number of aliphatic carboxylic acids is 1. The van der Waals surface area contributed by atoms with E-state index < -0.39 is 70.7 Å². The maximum Gasteiger partial charge on any atom is 0.416 e. The summed E-state index contributed by atoms with van der Waals surface area (Å²) in [6.45, 7) is 7.81. The second kappa shape index (κ2) is 16.3. The Morgan fingerprint density at radius 3 is 2.23 bits per heavy atom. The van der Waals surface area contributed by atoms with Gasteiger partial charge in [-0.15, -0.1) is 5.92 Å². The van der Waals surface area contributed by atoms with Gasteiger partial charge in [-0.05, 0) is 98.5 Å². The summed E-state index contributed by atoms with van der Waals surface area (Å²) in [6, 6.07) is 5.38. The van der Waals surface area contributed by atoms with Crippen LogP contribution in [0.4, 0.5) is 26.3 Å². The third-order valence-electron chi connectivity index (χ3n) is 8.48. The van der Waals surface area contributed by atoms with Crippen molar-refractivity contribution < 1.29 is 41.0 Å². The van der Waals surface area contributed by atoms with Crippen LogP contribution in [0.3, 0.4) is 0 Å². The van der Waals surface area contributed by atoms with Gasteiger partial charge >= 0.3 is 12.1 Å². The van der Waals surface area contributed by atoms with Gasteiger partial charge in [-0.3, -0.25) is 19.4 Å². The maximum absolute atomic E-state index is 16.6. The highest BCUT2D eigenvalue weighted by molar-refractivity contribution is 5.82. The molecule has 0 bridgehead atoms. The van der Waals surface area contributed by atoms with Crippen molar-refractivity contribution in [1.29, 1.82) is 0 Å². The van der Waals surface area contributed by atoms with Crippen LogP contribution in [0.15, 0.2) is 59.7 Å². The van der Waals surface area contributed by atoms with Crippen LogP contribution < -0.4 is 10.9 Å². The van der Waals surface area contributed by atoms with Crippen molar-refractivity contribution in [2.24, 2.45) is 5.92 Å². The summed E-state index contributed by atoms with van der Waals surface area (Å²) in [5.41, 5.74) is -2.74. The summed E-state index contributed by atoms with van der Waals surface area (Å²) in [5.74, 6) is -0.954. The van der Waals surface area contributed by atoms with Crippen molar-refractivity contribution in [1.82, 2.24) is 14.9 Å². The summed E-state index contributed by atoms with van der Waals surface area (Å²) in [5, 5.41) is 12.2. The molecule has 2 N–H and O–H groups in total. The minimum absolute atomic E-state index is 0.0781. The topological polar surface area (TPSA) is 101 Å². The first kappa shape index (κ1) is 39.4. The van der Waals surface area contributed by atoms with E-state index in [1.54, 1.807) is 32.0 Å². The summed E-state index contributed by atoms with van der Waals surface area (Å²) < 4.78 is 90.1. The molecule has 0 aliphatic rings. The van der Waals surface area contributed by atoms with E-state index >= 15 is 8.78 Å². The molecule has 2 heterocycles. The zero-order valence-electron chi connectivity index (χ0n) is 29.1. The van der Waals surface area contributed by atoms with Crippen LogP contribution in [0.5, 0.6) is 0 Å². The number of rotatable bonds is 12. The summed E-state index contributed by atoms with van der Waals surface area (Å²) in [6.07, 6.45) is -3.72. The highest BCUT2D eigenvalue weighted by atomic mass is 19.4. The first-order valence-corrected chi connectivity index (χ1v) is 16.4. The fraction of sp³-hybridized carbons (Fsp3) is 0.333. The van der Waals surface area contributed by atoms with Crippen LogP contribution in [0.1, 0.15) is 84.8 Å². The van der Waals surface area contributed by atoms with E-state index in [1.165, 1.54) is 27.0 Å². The lowest BCUT2D eigenvalue weighted by molar-refractivity contribution is -0.139. The fourth-order valence-electron chi connectivity index (χ4n) is 6.27. The second-order valence-electron chi connectivity index (χ2n) is 12.9. The SMILES string of the molecule is CC#Cc1cc(-c2c(C)cc(F)cc2C)c(F)c([C@@H](CC(=O)O)NC(=O)[C@H](CC(C)C)n2cc(CCc3ccccn3)c(C(F)(F)F)cc2=O)c1F. The molecule has 4 rings (SSSR count). The van der Waals surface area contributed by atoms with Crippen molar-refractivity contribution in [3.05, 3.63) is 122 Å². The molecule has 2 atom stereocenters. The van der Waals surface area contributed by atoms with E-state index in [1.807, 2.05) is 0 Å². The Morgan fingerprint density at radius 2 is 1.67 bits per heavy atom. The van der Waals surface area contributed by atoms with Gasteiger partial charge in [0.15, 0.2) is 0 Å². The fourth-order valence-corrected chi connectivity index (χ4v) is 6.27. The quantitative estimate of drug-likeness (QED) is 0.114. The lowest BCUT2D eigenvalue weighted by Gasteiger charge is -2.27. The Bertz CT molecular complexity index is 2080. The number of hydrogen-bond acceptors (Lipinski definition) is 4. The van der Waals surface area contributed by atoms with Gasteiger partial charge in [0.05, 0.1) is 23.6 Å². The molecule has 0 saturated carbocycles. The van der Waals surface area contributed by atoms with Crippen molar-refractivity contribution in [3.63, 3.8) is 0 Å². The molecule has 0 fully saturated rings. The van der Waals surface area contributed by atoms with Crippen LogP contribution in [-0.2, 0) is 28.6 Å². The molecular weight excluding hydrogens is 688 g/mol. The Labute approximate surface area is 296 Å². The third-order valence-corrected chi connectivity index (χ3v) is 8.48. The van der Waals surface area contributed by atoms with E-state index in [4.69, 9.17) is 0 Å². The number of amides is 1. The molecule has 0 saturated heterocycles. The van der Waals surface area contributed by atoms with Crippen LogP contribution in [-0.4, -0.2) is 26.5 Å². The number of pyridine rings is 2. The van der Waals surface area contributed by atoms with Crippen LogP contribution >= 0.6 is 0 Å². The number of aromatic nitrogens is 2. The van der Waals surface area contributed by atoms with Gasteiger partial charge in [-0.2, -0.15) is 13.2 Å². The molecule has 0 aliphatic carbocycles. The molecule has 2 aromatic carbocycles. The number of carboxylic acid groups (broad SMARTS) is 1. The first-order chi connectivity index (χ1) is 24.4. The number of benzene rings is 2. The average Bonchev–Trinajstić information content (AvgIpc) is 3.04. The van der Waals surface area contributed by atoms with Crippen molar-refractivity contribution >= 4 is 11.9 Å². The van der Waals surface area contributed by atoms with Gasteiger partial charge in [0.1, 0.15) is 23.5 Å². The number of carbonyl (C=O) groups excluding carboxylic acids is 1. The number of nitrogens with zero attached hydrogens (tertiary/aromatic N) is 2. The molecule has 13 heteroatoms. The van der Waals surface area contributed by atoms with E-state index in [2.05, 4.69) is 22.1 Å². The number of hydrogen-bond donors (Lipinski definition) is 2. The van der Waals surface area contributed by atoms with Gasteiger partial charge in [0.2, 0.25) is 5.91 Å². The normalized spacial score (nSPS) is 12.6. The number of nitrogens with one attached hydrogen (secondary N) is 1. The highest BCUT2D eigenvalue weighted by Crippen LogP contribution is 2.38. The van der Waals surface area contributed by atoms with Gasteiger partial charge in [0, 0.05) is 35.3 Å². The van der Waals surface area contributed by atoms with Crippen LogP contribution in [0, 0.1) is 49.1 Å². The van der Waals surface area contributed by atoms with E-state index in [0.717, 1.165) is 29.0 Å². The molecule has 4 aromatic rings. The number of alkyl halides is 3. The number of carbonyl (C=O) groups is 2. The van der Waals surface area contributed by atoms with Crippen molar-refractivity contribution in [2.45, 2.75) is 78.6 Å². The molecule has 7 nitrogen and oxygen atoms in total. The largest absolute Gasteiger partial charge is 0.481 e. The van der Waals surface area contributed by atoms with Crippen LogP contribution in [0.2, 0.25) is 0 Å². The summed E-state index contributed by atoms with van der Waals surface area (Å²) >= 11 is 0. The van der Waals surface area contributed by atoms with Crippen molar-refractivity contribution in [2.75, 3.05) is 0 Å². The standard InChI is InChI=1S/C39H37F6N3O4/c1-6-9-24-17-28(34-22(4)15-26(40)16-23(34)5)37(42)35(36(24)41)30(19-33(50)51)47-38(52)31(14-21(2)3)48-20-25(11-12-27-10-7-8-13-46-27)29(18-32(48)49)39(43,44)45/h7-8,10,13,15-18,20-21,30-31H,11-12,14,19H2,1-5H3,(H,47,52)(H,50,51)/t30-,31+/m1/s1. The predicted octanol–water partition coefficient (Wildman–Crippen LogP) is 8.04. The smallest absolute Gasteiger partial charge is 0.416 e. The summed E-state index contributed by atoms with van der Waals surface area (Å²) in [4.78, 5) is 43.6. The lowest BCUT2D eigenvalue weighted by atomic mass is 9.89. The van der Waals surface area contributed by atoms with E-state index in [-0.39, 0.29) is 47.4 Å². The average molecular weight is 726 g/mol. The molecule has 274 valence electrons. The zero-order chi connectivity index (χ0) is 38.5. The molecule has 2 aromatic heterocycles. The van der Waals surface area contributed by atoms with E-state index in [0.29, 0.717) is 22.9 Å². The number of carboxylic acids is 1. The minimum atomic E-state index is -4.90.